The van der Waals surface area contributed by atoms with Crippen LogP contribution in [0.3, 0.4) is 0 Å². The van der Waals surface area contributed by atoms with Gasteiger partial charge >= 0.3 is 0 Å². The molecule has 1 saturated heterocycles. The summed E-state index contributed by atoms with van der Waals surface area (Å²) in [7, 11) is 0. The second kappa shape index (κ2) is 6.86. The Morgan fingerprint density at radius 1 is 1.44 bits per heavy atom. The summed E-state index contributed by atoms with van der Waals surface area (Å²) in [6, 6.07) is 0.487. The van der Waals surface area contributed by atoms with Crippen molar-refractivity contribution in [3.8, 4) is 0 Å². The summed E-state index contributed by atoms with van der Waals surface area (Å²) in [5, 5.41) is 6.37. The number of nitrogens with one attached hydrogen (secondary N) is 2. The van der Waals surface area contributed by atoms with E-state index >= 15 is 0 Å². The van der Waals surface area contributed by atoms with E-state index in [9.17, 15) is 4.79 Å². The van der Waals surface area contributed by atoms with Crippen molar-refractivity contribution in [2.45, 2.75) is 45.8 Å². The first kappa shape index (κ1) is 13.5. The highest BCUT2D eigenvalue weighted by atomic mass is 16.5. The van der Waals surface area contributed by atoms with Crippen LogP contribution < -0.4 is 10.6 Å². The maximum Gasteiger partial charge on any atom is 0.222 e. The van der Waals surface area contributed by atoms with Gasteiger partial charge in [0.1, 0.15) is 0 Å². The molecule has 1 heterocycles. The minimum atomic E-state index is 0.0798. The molecule has 1 amide bonds. The van der Waals surface area contributed by atoms with Crippen molar-refractivity contribution < 1.29 is 9.53 Å². The van der Waals surface area contributed by atoms with Crippen LogP contribution in [-0.2, 0) is 9.53 Å². The highest BCUT2D eigenvalue weighted by Crippen LogP contribution is 2.11. The SMILES string of the molecule is CC(C)C(=O)NCCCNC1CCOC1C. The molecule has 1 rings (SSSR count). The van der Waals surface area contributed by atoms with E-state index in [1.54, 1.807) is 0 Å². The topological polar surface area (TPSA) is 50.4 Å². The summed E-state index contributed by atoms with van der Waals surface area (Å²) in [6.45, 7) is 8.48. The molecule has 0 saturated carbocycles. The second-order valence-electron chi connectivity index (χ2n) is 4.72. The van der Waals surface area contributed by atoms with E-state index in [1.807, 2.05) is 13.8 Å². The van der Waals surface area contributed by atoms with Crippen molar-refractivity contribution in [2.24, 2.45) is 5.92 Å². The molecular formula is C12H24N2O2. The lowest BCUT2D eigenvalue weighted by molar-refractivity contribution is -0.123. The largest absolute Gasteiger partial charge is 0.377 e. The predicted octanol–water partition coefficient (Wildman–Crippen LogP) is 0.916. The van der Waals surface area contributed by atoms with Crippen LogP contribution in [0.25, 0.3) is 0 Å². The molecule has 94 valence electrons. The van der Waals surface area contributed by atoms with Gasteiger partial charge in [0.15, 0.2) is 0 Å². The van der Waals surface area contributed by atoms with E-state index in [0.29, 0.717) is 12.1 Å². The van der Waals surface area contributed by atoms with Crippen LogP contribution in [0.2, 0.25) is 0 Å². The van der Waals surface area contributed by atoms with Crippen molar-refractivity contribution in [1.29, 1.82) is 0 Å². The number of ether oxygens (including phenoxy) is 1. The molecule has 0 radical (unpaired) electrons. The lowest BCUT2D eigenvalue weighted by Crippen LogP contribution is -2.37. The molecule has 0 bridgehead atoms. The van der Waals surface area contributed by atoms with Gasteiger partial charge in [-0.15, -0.1) is 0 Å². The lowest BCUT2D eigenvalue weighted by Gasteiger charge is -2.16. The van der Waals surface area contributed by atoms with Crippen molar-refractivity contribution in [3.63, 3.8) is 0 Å². The Labute approximate surface area is 98.1 Å². The molecule has 0 spiro atoms. The minimum absolute atomic E-state index is 0.0798. The number of carbonyl (C=O) groups excluding carboxylic acids is 1. The van der Waals surface area contributed by atoms with Gasteiger partial charge in [-0.2, -0.15) is 0 Å². The fraction of sp³-hybridized carbons (Fsp3) is 0.917. The van der Waals surface area contributed by atoms with Gasteiger partial charge in [0.05, 0.1) is 6.10 Å². The summed E-state index contributed by atoms with van der Waals surface area (Å²) in [6.07, 6.45) is 2.39. The molecule has 16 heavy (non-hydrogen) atoms. The molecule has 0 aromatic rings. The van der Waals surface area contributed by atoms with E-state index in [2.05, 4.69) is 17.6 Å². The first-order valence-corrected chi connectivity index (χ1v) is 6.24. The van der Waals surface area contributed by atoms with Gasteiger partial charge < -0.3 is 15.4 Å². The zero-order valence-electron chi connectivity index (χ0n) is 10.6. The third-order valence-electron chi connectivity index (χ3n) is 2.96. The molecule has 0 aromatic carbocycles. The third kappa shape index (κ3) is 4.49. The van der Waals surface area contributed by atoms with Crippen LogP contribution in [0.5, 0.6) is 0 Å². The lowest BCUT2D eigenvalue weighted by atomic mass is 10.1. The van der Waals surface area contributed by atoms with Gasteiger partial charge in [0.25, 0.3) is 0 Å². The van der Waals surface area contributed by atoms with Gasteiger partial charge in [-0.25, -0.2) is 0 Å². The van der Waals surface area contributed by atoms with Crippen LogP contribution in [0.15, 0.2) is 0 Å². The maximum absolute atomic E-state index is 11.3. The molecule has 1 aliphatic rings. The van der Waals surface area contributed by atoms with E-state index in [1.165, 1.54) is 0 Å². The molecule has 1 aliphatic heterocycles. The van der Waals surface area contributed by atoms with Crippen LogP contribution in [0.4, 0.5) is 0 Å². The molecule has 0 aromatic heterocycles. The zero-order valence-corrected chi connectivity index (χ0v) is 10.6. The van der Waals surface area contributed by atoms with Crippen LogP contribution in [-0.4, -0.2) is 37.7 Å². The molecule has 2 N–H and O–H groups in total. The summed E-state index contributed by atoms with van der Waals surface area (Å²) in [5.41, 5.74) is 0. The molecule has 2 unspecified atom stereocenters. The fourth-order valence-electron chi connectivity index (χ4n) is 1.79. The van der Waals surface area contributed by atoms with Gasteiger partial charge in [-0.05, 0) is 26.3 Å². The van der Waals surface area contributed by atoms with Crippen LogP contribution in [0.1, 0.15) is 33.6 Å². The number of rotatable bonds is 6. The summed E-state index contributed by atoms with van der Waals surface area (Å²) in [4.78, 5) is 11.3. The van der Waals surface area contributed by atoms with E-state index in [4.69, 9.17) is 4.74 Å². The average Bonchev–Trinajstić information content (AvgIpc) is 2.63. The zero-order chi connectivity index (χ0) is 12.0. The van der Waals surface area contributed by atoms with Gasteiger partial charge in [0.2, 0.25) is 5.91 Å². The molecular weight excluding hydrogens is 204 g/mol. The Morgan fingerprint density at radius 3 is 2.75 bits per heavy atom. The Morgan fingerprint density at radius 2 is 2.19 bits per heavy atom. The van der Waals surface area contributed by atoms with Crippen molar-refractivity contribution in [3.05, 3.63) is 0 Å². The Bertz CT molecular complexity index is 219. The maximum atomic E-state index is 11.3. The van der Waals surface area contributed by atoms with Gasteiger partial charge in [-0.1, -0.05) is 13.8 Å². The van der Waals surface area contributed by atoms with E-state index in [0.717, 1.165) is 32.5 Å². The van der Waals surface area contributed by atoms with Gasteiger partial charge in [-0.3, -0.25) is 4.79 Å². The minimum Gasteiger partial charge on any atom is -0.377 e. The molecule has 2 atom stereocenters. The smallest absolute Gasteiger partial charge is 0.222 e. The molecule has 1 fully saturated rings. The quantitative estimate of drug-likeness (QED) is 0.665. The van der Waals surface area contributed by atoms with Crippen molar-refractivity contribution >= 4 is 5.91 Å². The normalized spacial score (nSPS) is 25.0. The predicted molar refractivity (Wildman–Crippen MR) is 64.3 cm³/mol. The Kier molecular flexibility index (Phi) is 5.77. The highest BCUT2D eigenvalue weighted by Gasteiger charge is 2.22. The third-order valence-corrected chi connectivity index (χ3v) is 2.96. The average molecular weight is 228 g/mol. The standard InChI is InChI=1S/C12H24N2O2/c1-9(2)12(15)14-7-4-6-13-11-5-8-16-10(11)3/h9-11,13H,4-8H2,1-3H3,(H,14,15). The number of hydrogen-bond acceptors (Lipinski definition) is 3. The number of amides is 1. The number of carbonyl (C=O) groups is 1. The van der Waals surface area contributed by atoms with Crippen molar-refractivity contribution in [1.82, 2.24) is 10.6 Å². The summed E-state index contributed by atoms with van der Waals surface area (Å²) >= 11 is 0. The monoisotopic (exact) mass is 228 g/mol. The number of hydrogen-bond donors (Lipinski definition) is 2. The summed E-state index contributed by atoms with van der Waals surface area (Å²) in [5.74, 6) is 0.216. The van der Waals surface area contributed by atoms with Crippen LogP contribution in [0, 0.1) is 5.92 Å². The fourth-order valence-corrected chi connectivity index (χ4v) is 1.79. The second-order valence-corrected chi connectivity index (χ2v) is 4.72. The van der Waals surface area contributed by atoms with E-state index < -0.39 is 0 Å². The Balaban J connectivity index is 1.97. The molecule has 4 nitrogen and oxygen atoms in total. The molecule has 4 heteroatoms. The first-order chi connectivity index (χ1) is 7.61. The first-order valence-electron chi connectivity index (χ1n) is 6.24. The summed E-state index contributed by atoms with van der Waals surface area (Å²) < 4.78 is 5.46. The Hall–Kier alpha value is -0.610. The van der Waals surface area contributed by atoms with Crippen LogP contribution >= 0.6 is 0 Å². The van der Waals surface area contributed by atoms with Gasteiger partial charge in [0, 0.05) is 25.1 Å². The van der Waals surface area contributed by atoms with E-state index in [-0.39, 0.29) is 11.8 Å². The highest BCUT2D eigenvalue weighted by molar-refractivity contribution is 5.77. The molecule has 0 aliphatic carbocycles. The van der Waals surface area contributed by atoms with Crippen molar-refractivity contribution in [2.75, 3.05) is 19.7 Å².